The average molecular weight is 254 g/mol. The Labute approximate surface area is 109 Å². The second kappa shape index (κ2) is 4.35. The summed E-state index contributed by atoms with van der Waals surface area (Å²) in [5.74, 6) is 0.636. The van der Waals surface area contributed by atoms with E-state index < -0.39 is 0 Å². The Hall–Kier alpha value is -2.43. The first-order chi connectivity index (χ1) is 9.22. The summed E-state index contributed by atoms with van der Waals surface area (Å²) in [7, 11) is 0. The van der Waals surface area contributed by atoms with Crippen molar-refractivity contribution < 1.29 is 0 Å². The predicted octanol–water partition coefficient (Wildman–Crippen LogP) is 1.96. The zero-order chi connectivity index (χ0) is 13.4. The van der Waals surface area contributed by atoms with Gasteiger partial charge in [-0.2, -0.15) is 5.10 Å². The molecule has 0 amide bonds. The highest BCUT2D eigenvalue weighted by atomic mass is 16.1. The van der Waals surface area contributed by atoms with Gasteiger partial charge in [0.05, 0.1) is 0 Å². The van der Waals surface area contributed by atoms with Gasteiger partial charge in [-0.1, -0.05) is 37.3 Å². The Balaban J connectivity index is 2.44. The van der Waals surface area contributed by atoms with E-state index in [1.807, 2.05) is 44.2 Å². The van der Waals surface area contributed by atoms with Crippen molar-refractivity contribution >= 4 is 5.65 Å². The van der Waals surface area contributed by atoms with Gasteiger partial charge in [-0.05, 0) is 13.3 Å². The lowest BCUT2D eigenvalue weighted by Crippen LogP contribution is -2.14. The zero-order valence-corrected chi connectivity index (χ0v) is 10.8. The number of hydrogen-bond acceptors (Lipinski definition) is 3. The number of rotatable bonds is 2. The lowest BCUT2D eigenvalue weighted by molar-refractivity contribution is 0.945. The summed E-state index contributed by atoms with van der Waals surface area (Å²) in [5, 5.41) is 6.59. The van der Waals surface area contributed by atoms with Crippen molar-refractivity contribution in [2.24, 2.45) is 0 Å². The van der Waals surface area contributed by atoms with Crippen molar-refractivity contribution in [1.29, 1.82) is 0 Å². The molecular weight excluding hydrogens is 240 g/mol. The van der Waals surface area contributed by atoms with Gasteiger partial charge in [0.25, 0.3) is 0 Å². The molecule has 5 nitrogen and oxygen atoms in total. The van der Waals surface area contributed by atoms with Crippen LogP contribution in [0.15, 0.2) is 35.1 Å². The maximum Gasteiger partial charge on any atom is 0.349 e. The molecule has 0 atom stereocenters. The van der Waals surface area contributed by atoms with Crippen molar-refractivity contribution in [2.45, 2.75) is 20.3 Å². The van der Waals surface area contributed by atoms with Crippen LogP contribution in [0, 0.1) is 6.92 Å². The van der Waals surface area contributed by atoms with Crippen LogP contribution in [-0.2, 0) is 6.42 Å². The predicted molar refractivity (Wildman–Crippen MR) is 73.2 cm³/mol. The van der Waals surface area contributed by atoms with Gasteiger partial charge in [-0.3, -0.25) is 0 Å². The number of H-pyrrole nitrogens is 1. The number of aromatic amines is 1. The molecule has 1 N–H and O–H groups in total. The van der Waals surface area contributed by atoms with E-state index in [2.05, 4.69) is 15.2 Å². The number of aryl methyl sites for hydroxylation is 2. The average Bonchev–Trinajstić information content (AvgIpc) is 2.83. The van der Waals surface area contributed by atoms with Crippen LogP contribution in [0.1, 0.15) is 18.2 Å². The number of nitrogens with zero attached hydrogens (tertiary/aromatic N) is 3. The Morgan fingerprint density at radius 3 is 2.68 bits per heavy atom. The molecule has 0 spiro atoms. The van der Waals surface area contributed by atoms with Gasteiger partial charge in [0.15, 0.2) is 5.65 Å². The topological polar surface area (TPSA) is 63.1 Å². The van der Waals surface area contributed by atoms with Crippen molar-refractivity contribution in [1.82, 2.24) is 19.6 Å². The largest absolute Gasteiger partial charge is 0.349 e. The van der Waals surface area contributed by atoms with Gasteiger partial charge in [-0.15, -0.1) is 0 Å². The summed E-state index contributed by atoms with van der Waals surface area (Å²) in [6.45, 7) is 3.99. The Morgan fingerprint density at radius 2 is 2.00 bits per heavy atom. The van der Waals surface area contributed by atoms with E-state index in [0.717, 1.165) is 23.2 Å². The molecule has 0 bridgehead atoms. The van der Waals surface area contributed by atoms with Crippen LogP contribution in [0.4, 0.5) is 0 Å². The first kappa shape index (κ1) is 11.6. The SMILES string of the molecule is CCc1nc(-c2ccccc2)n2c(=O)[nH]nc2c1C. The van der Waals surface area contributed by atoms with Crippen LogP contribution in [-0.4, -0.2) is 19.6 Å². The minimum absolute atomic E-state index is 0.257. The third-order valence-electron chi connectivity index (χ3n) is 3.26. The van der Waals surface area contributed by atoms with E-state index in [0.29, 0.717) is 11.5 Å². The highest BCUT2D eigenvalue weighted by molar-refractivity contribution is 5.62. The molecule has 3 aromatic rings. The van der Waals surface area contributed by atoms with E-state index in [4.69, 9.17) is 0 Å². The van der Waals surface area contributed by atoms with Gasteiger partial charge in [0.1, 0.15) is 5.82 Å². The van der Waals surface area contributed by atoms with E-state index >= 15 is 0 Å². The van der Waals surface area contributed by atoms with Crippen LogP contribution >= 0.6 is 0 Å². The van der Waals surface area contributed by atoms with E-state index in [1.165, 1.54) is 4.40 Å². The summed E-state index contributed by atoms with van der Waals surface area (Å²) in [6, 6.07) is 9.68. The number of benzene rings is 1. The molecule has 2 heterocycles. The zero-order valence-electron chi connectivity index (χ0n) is 10.8. The summed E-state index contributed by atoms with van der Waals surface area (Å²) < 4.78 is 1.53. The highest BCUT2D eigenvalue weighted by Gasteiger charge is 2.14. The fraction of sp³-hybridized carbons (Fsp3) is 0.214. The molecule has 3 rings (SSSR count). The number of fused-ring (bicyclic) bond motifs is 1. The molecule has 96 valence electrons. The Bertz CT molecular complexity index is 786. The van der Waals surface area contributed by atoms with E-state index in [9.17, 15) is 4.79 Å². The first-order valence-corrected chi connectivity index (χ1v) is 6.24. The van der Waals surface area contributed by atoms with E-state index in [1.54, 1.807) is 0 Å². The van der Waals surface area contributed by atoms with Crippen molar-refractivity contribution in [2.75, 3.05) is 0 Å². The normalized spacial score (nSPS) is 11.1. The molecule has 5 heteroatoms. The molecule has 0 aliphatic heterocycles. The third kappa shape index (κ3) is 1.74. The summed E-state index contributed by atoms with van der Waals surface area (Å²) in [4.78, 5) is 16.6. The Morgan fingerprint density at radius 1 is 1.26 bits per heavy atom. The molecule has 2 aromatic heterocycles. The summed E-state index contributed by atoms with van der Waals surface area (Å²) >= 11 is 0. The maximum absolute atomic E-state index is 11.9. The smallest absolute Gasteiger partial charge is 0.246 e. The van der Waals surface area contributed by atoms with Gasteiger partial charge < -0.3 is 0 Å². The molecule has 1 aromatic carbocycles. The molecule has 0 aliphatic rings. The fourth-order valence-electron chi connectivity index (χ4n) is 2.26. The molecule has 19 heavy (non-hydrogen) atoms. The number of hydrogen-bond donors (Lipinski definition) is 1. The van der Waals surface area contributed by atoms with Crippen LogP contribution in [0.2, 0.25) is 0 Å². The van der Waals surface area contributed by atoms with Crippen molar-refractivity contribution in [3.63, 3.8) is 0 Å². The minimum atomic E-state index is -0.257. The molecule has 0 aliphatic carbocycles. The monoisotopic (exact) mass is 254 g/mol. The standard InChI is InChI=1S/C14H14N4O/c1-3-11-9(2)12-16-17-14(19)18(12)13(15-11)10-7-5-4-6-8-10/h4-8H,3H2,1-2H3,(H,17,19). The van der Waals surface area contributed by atoms with E-state index in [-0.39, 0.29) is 5.69 Å². The van der Waals surface area contributed by atoms with Gasteiger partial charge in [-0.25, -0.2) is 19.3 Å². The molecule has 0 unspecified atom stereocenters. The van der Waals surface area contributed by atoms with Crippen molar-refractivity contribution in [3.8, 4) is 11.4 Å². The third-order valence-corrected chi connectivity index (χ3v) is 3.26. The second-order valence-corrected chi connectivity index (χ2v) is 4.41. The van der Waals surface area contributed by atoms with Crippen LogP contribution in [0.5, 0.6) is 0 Å². The minimum Gasteiger partial charge on any atom is -0.246 e. The number of aromatic nitrogens is 4. The second-order valence-electron chi connectivity index (χ2n) is 4.41. The molecular formula is C14H14N4O. The lowest BCUT2D eigenvalue weighted by atomic mass is 10.1. The maximum atomic E-state index is 11.9. The quantitative estimate of drug-likeness (QED) is 0.760. The number of nitrogens with one attached hydrogen (secondary N) is 1. The Kier molecular flexibility index (Phi) is 2.67. The highest BCUT2D eigenvalue weighted by Crippen LogP contribution is 2.20. The van der Waals surface area contributed by atoms with Crippen molar-refractivity contribution in [3.05, 3.63) is 52.1 Å². The molecule has 0 radical (unpaired) electrons. The summed E-state index contributed by atoms with van der Waals surface area (Å²) in [5.41, 5.74) is 3.21. The van der Waals surface area contributed by atoms with Gasteiger partial charge >= 0.3 is 5.69 Å². The van der Waals surface area contributed by atoms with Crippen LogP contribution in [0.25, 0.3) is 17.0 Å². The fourth-order valence-corrected chi connectivity index (χ4v) is 2.26. The molecule has 0 saturated heterocycles. The molecule has 0 saturated carbocycles. The van der Waals surface area contributed by atoms with Crippen LogP contribution in [0.3, 0.4) is 0 Å². The summed E-state index contributed by atoms with van der Waals surface area (Å²) in [6.07, 6.45) is 0.809. The van der Waals surface area contributed by atoms with Gasteiger partial charge in [0.2, 0.25) is 0 Å². The molecule has 0 fully saturated rings. The first-order valence-electron chi connectivity index (χ1n) is 6.24. The van der Waals surface area contributed by atoms with Crippen LogP contribution < -0.4 is 5.69 Å². The lowest BCUT2D eigenvalue weighted by Gasteiger charge is -2.09. The van der Waals surface area contributed by atoms with Gasteiger partial charge in [0, 0.05) is 16.8 Å².